The molecule has 0 radical (unpaired) electrons. The van der Waals surface area contributed by atoms with Crippen molar-refractivity contribution in [3.05, 3.63) is 155 Å². The van der Waals surface area contributed by atoms with Crippen molar-refractivity contribution in [1.82, 2.24) is 9.80 Å². The van der Waals surface area contributed by atoms with Crippen LogP contribution >= 0.6 is 0 Å². The Kier molecular flexibility index (Phi) is 9.97. The largest absolute Gasteiger partial charge is 0.462 e. The summed E-state index contributed by atoms with van der Waals surface area (Å²) in [5, 5.41) is 0. The van der Waals surface area contributed by atoms with Crippen LogP contribution in [0.25, 0.3) is 17.2 Å². The number of allylic oxidation sites excluding steroid dienone is 4. The molecule has 0 spiro atoms. The van der Waals surface area contributed by atoms with Crippen molar-refractivity contribution < 1.29 is 52.0 Å². The minimum Gasteiger partial charge on any atom is -0.462 e. The molecule has 284 valence electrons. The first-order chi connectivity index (χ1) is 27.8. The number of anilines is 1. The molecular formula is C43H33N4O10+. The number of ether oxygens (including phenoxy) is 3. The summed E-state index contributed by atoms with van der Waals surface area (Å²) in [5.74, 6) is -1.60. The van der Waals surface area contributed by atoms with E-state index in [9.17, 15) is 28.8 Å². The molecule has 1 aromatic heterocycles. The van der Waals surface area contributed by atoms with E-state index in [1.807, 2.05) is 36.4 Å². The number of hydrogen-bond acceptors (Lipinski definition) is 11. The van der Waals surface area contributed by atoms with Crippen LogP contribution in [0.3, 0.4) is 0 Å². The first kappa shape index (κ1) is 36.4. The van der Waals surface area contributed by atoms with Crippen molar-refractivity contribution in [2.24, 2.45) is 0 Å². The number of aromatic nitrogens is 1. The third kappa shape index (κ3) is 7.18. The van der Waals surface area contributed by atoms with Crippen LogP contribution in [0.2, 0.25) is 0 Å². The number of fused-ring (bicyclic) bond motifs is 4. The van der Waals surface area contributed by atoms with E-state index in [0.717, 1.165) is 9.80 Å². The third-order valence-corrected chi connectivity index (χ3v) is 9.46. The van der Waals surface area contributed by atoms with E-state index >= 15 is 0 Å². The topological polar surface area (TPSA) is 157 Å². The summed E-state index contributed by atoms with van der Waals surface area (Å²) in [6.45, 7) is -0.869. The minimum absolute atomic E-state index is 0.0753. The second kappa shape index (κ2) is 15.6. The summed E-state index contributed by atoms with van der Waals surface area (Å²) in [5.41, 5.74) is 3.16. The van der Waals surface area contributed by atoms with Crippen LogP contribution in [-0.2, 0) is 25.6 Å². The average Bonchev–Trinajstić information content (AvgIpc) is 3.90. The Labute approximate surface area is 325 Å². The van der Waals surface area contributed by atoms with E-state index in [-0.39, 0.29) is 39.4 Å². The highest BCUT2D eigenvalue weighted by Gasteiger charge is 2.36. The van der Waals surface area contributed by atoms with Gasteiger partial charge in [0, 0.05) is 6.07 Å². The normalized spacial score (nSPS) is 15.3. The van der Waals surface area contributed by atoms with Gasteiger partial charge in [0.1, 0.15) is 19.8 Å². The number of hydrogen-bond donors (Lipinski definition) is 0. The Hall–Kier alpha value is -7.61. The van der Waals surface area contributed by atoms with Gasteiger partial charge in [0.2, 0.25) is 18.0 Å². The highest BCUT2D eigenvalue weighted by atomic mass is 16.5. The molecule has 3 aliphatic rings. The van der Waals surface area contributed by atoms with Crippen LogP contribution in [0.15, 0.2) is 132 Å². The summed E-state index contributed by atoms with van der Waals surface area (Å²) in [7, 11) is 0. The Bertz CT molecular complexity index is 2500. The van der Waals surface area contributed by atoms with E-state index < -0.39 is 35.6 Å². The van der Waals surface area contributed by atoms with Gasteiger partial charge in [0.15, 0.2) is 5.75 Å². The molecule has 14 heteroatoms. The van der Waals surface area contributed by atoms with Crippen molar-refractivity contribution in [3.63, 3.8) is 0 Å². The zero-order valence-corrected chi connectivity index (χ0v) is 30.2. The number of rotatable bonds is 13. The molecule has 0 atom stereocenters. The molecule has 57 heavy (non-hydrogen) atoms. The molecule has 0 aliphatic carbocycles. The molecular weight excluding hydrogens is 732 g/mol. The van der Waals surface area contributed by atoms with Crippen LogP contribution in [0, 0.1) is 0 Å². The van der Waals surface area contributed by atoms with Crippen molar-refractivity contribution in [1.29, 1.82) is 0 Å². The molecule has 4 amide bonds. The van der Waals surface area contributed by atoms with Gasteiger partial charge in [-0.1, -0.05) is 66.8 Å². The molecule has 4 aromatic carbocycles. The quantitative estimate of drug-likeness (QED) is 0.0708. The number of nitrogens with zero attached hydrogens (tertiary/aromatic N) is 4. The molecule has 5 aromatic rings. The van der Waals surface area contributed by atoms with Crippen LogP contribution in [0.4, 0.5) is 5.69 Å². The molecule has 0 fully saturated rings. The van der Waals surface area contributed by atoms with Gasteiger partial charge in [0.05, 0.1) is 47.1 Å². The number of esters is 2. The summed E-state index contributed by atoms with van der Waals surface area (Å²) in [6, 6.07) is 27.5. The lowest BCUT2D eigenvalue weighted by atomic mass is 10.1. The maximum absolute atomic E-state index is 13.0. The number of para-hydroxylation sites is 4. The highest BCUT2D eigenvalue weighted by Crippen LogP contribution is 2.38. The fraction of sp³-hybridized carbons (Fsp3) is 0.140. The van der Waals surface area contributed by atoms with Gasteiger partial charge in [-0.25, -0.2) is 4.79 Å². The van der Waals surface area contributed by atoms with E-state index in [0.29, 0.717) is 56.6 Å². The molecule has 3 aliphatic heterocycles. The average molecular weight is 766 g/mol. The zero-order chi connectivity index (χ0) is 39.5. The standard InChI is InChI=1S/C43H33N4O10/c48-38(54-24-22-44-40(50)28-12-4-5-13-29(28)41(44)51)26-46-32-16-8-10-18-34(32)56-36(46)20-2-1-3-21-37-47(33-17-9-11-19-35(33)57-37)27-39(49)55-25-23-45-42(52)30-14-6-7-15-31(30)43(45)53/h1-21H,22-27H2/q+1. The molecule has 8 rings (SSSR count). The predicted molar refractivity (Wildman–Crippen MR) is 203 cm³/mol. The summed E-state index contributed by atoms with van der Waals surface area (Å²) in [4.78, 5) is 80.4. The van der Waals surface area contributed by atoms with Gasteiger partial charge in [0.25, 0.3) is 29.1 Å². The van der Waals surface area contributed by atoms with E-state index in [2.05, 4.69) is 0 Å². The van der Waals surface area contributed by atoms with Gasteiger partial charge >= 0.3 is 17.8 Å². The smallest absolute Gasteiger partial charge is 0.374 e. The van der Waals surface area contributed by atoms with Crippen molar-refractivity contribution in [2.45, 2.75) is 6.54 Å². The number of oxazole rings is 1. The fourth-order valence-electron chi connectivity index (χ4n) is 6.76. The monoisotopic (exact) mass is 765 g/mol. The number of imide groups is 2. The number of carbonyl (C=O) groups is 6. The molecule has 0 bridgehead atoms. The first-order valence-corrected chi connectivity index (χ1v) is 18.0. The first-order valence-electron chi connectivity index (χ1n) is 18.0. The lowest BCUT2D eigenvalue weighted by Crippen LogP contribution is -2.41. The van der Waals surface area contributed by atoms with Crippen LogP contribution in [-0.4, -0.2) is 78.2 Å². The fourth-order valence-corrected chi connectivity index (χ4v) is 6.76. The highest BCUT2D eigenvalue weighted by molar-refractivity contribution is 6.22. The number of benzene rings is 4. The van der Waals surface area contributed by atoms with Gasteiger partial charge in [-0.3, -0.25) is 38.7 Å². The second-order valence-electron chi connectivity index (χ2n) is 13.0. The molecule has 0 N–H and O–H groups in total. The number of amides is 4. The lowest BCUT2D eigenvalue weighted by molar-refractivity contribution is -0.666. The van der Waals surface area contributed by atoms with Crippen LogP contribution in [0.5, 0.6) is 5.75 Å². The molecule has 0 saturated heterocycles. The molecule has 14 nitrogen and oxygen atoms in total. The molecule has 0 unspecified atom stereocenters. The van der Waals surface area contributed by atoms with E-state index in [4.69, 9.17) is 18.6 Å². The Balaban J connectivity index is 0.886. The van der Waals surface area contributed by atoms with Crippen molar-refractivity contribution in [2.75, 3.05) is 37.7 Å². The van der Waals surface area contributed by atoms with E-state index in [1.54, 1.807) is 101 Å². The van der Waals surface area contributed by atoms with Gasteiger partial charge in [-0.15, -0.1) is 4.57 Å². The Morgan fingerprint density at radius 2 is 1.16 bits per heavy atom. The minimum atomic E-state index is -0.585. The van der Waals surface area contributed by atoms with Gasteiger partial charge in [-0.05, 0) is 48.5 Å². The summed E-state index contributed by atoms with van der Waals surface area (Å²) >= 11 is 0. The predicted octanol–water partition coefficient (Wildman–Crippen LogP) is 4.71. The third-order valence-electron chi connectivity index (χ3n) is 9.46. The van der Waals surface area contributed by atoms with Crippen molar-refractivity contribution in [3.8, 4) is 5.75 Å². The zero-order valence-electron chi connectivity index (χ0n) is 30.2. The summed E-state index contributed by atoms with van der Waals surface area (Å²) in [6.07, 6.45) is 8.48. The summed E-state index contributed by atoms with van der Waals surface area (Å²) < 4.78 is 24.6. The molecule has 4 heterocycles. The Morgan fingerprint density at radius 3 is 1.79 bits per heavy atom. The van der Waals surface area contributed by atoms with Gasteiger partial charge in [-0.2, -0.15) is 0 Å². The molecule has 0 saturated carbocycles. The lowest BCUT2D eigenvalue weighted by Gasteiger charge is -2.18. The number of carbonyl (C=O) groups excluding carboxylic acids is 6. The second-order valence-corrected chi connectivity index (χ2v) is 13.0. The van der Waals surface area contributed by atoms with Crippen LogP contribution in [0.1, 0.15) is 47.3 Å². The van der Waals surface area contributed by atoms with E-state index in [1.165, 1.54) is 0 Å². The van der Waals surface area contributed by atoms with Gasteiger partial charge < -0.3 is 18.6 Å². The Morgan fingerprint density at radius 1 is 0.614 bits per heavy atom. The van der Waals surface area contributed by atoms with Crippen molar-refractivity contribution >= 4 is 58.4 Å². The maximum Gasteiger partial charge on any atom is 0.374 e. The SMILES string of the molecule is O=C(CN1/C(=C/C=C/C=C/c2oc3ccccc3[n+]2CC(=O)OCCN2C(=O)c3ccccc3C2=O)Oc2ccccc21)OCCN1C(=O)c2ccccc2C1=O. The maximum atomic E-state index is 13.0. The van der Waals surface area contributed by atoms with Crippen LogP contribution < -0.4 is 14.2 Å².